The molecule has 0 bridgehead atoms. The van der Waals surface area contributed by atoms with Gasteiger partial charge in [-0.1, -0.05) is 47.5 Å². The molecule has 140 valence electrons. The van der Waals surface area contributed by atoms with E-state index in [2.05, 4.69) is 9.62 Å². The molecule has 7 heteroatoms. The Bertz CT molecular complexity index is 834. The molecule has 1 saturated heterocycles. The lowest BCUT2D eigenvalue weighted by atomic mass is 10.1. The van der Waals surface area contributed by atoms with E-state index in [9.17, 15) is 8.42 Å². The minimum atomic E-state index is -3.68. The van der Waals surface area contributed by atoms with E-state index >= 15 is 0 Å². The lowest BCUT2D eigenvalue weighted by molar-refractivity contribution is 0.0345. The van der Waals surface area contributed by atoms with E-state index in [1.54, 1.807) is 18.2 Å². The summed E-state index contributed by atoms with van der Waals surface area (Å²) in [6.45, 7) is 5.52. The Labute approximate surface area is 160 Å². The molecule has 0 radical (unpaired) electrons. The quantitative estimate of drug-likeness (QED) is 0.818. The van der Waals surface area contributed by atoms with Crippen molar-refractivity contribution in [2.24, 2.45) is 0 Å². The average Bonchev–Trinajstić information content (AvgIpc) is 2.62. The highest BCUT2D eigenvalue weighted by atomic mass is 35.5. The van der Waals surface area contributed by atoms with Crippen LogP contribution in [-0.4, -0.2) is 46.2 Å². The maximum atomic E-state index is 12.9. The lowest BCUT2D eigenvalue weighted by Gasteiger charge is -2.31. The summed E-state index contributed by atoms with van der Waals surface area (Å²) in [4.78, 5) is 2.39. The number of sulfonamides is 1. The first-order chi connectivity index (χ1) is 12.4. The van der Waals surface area contributed by atoms with E-state index in [0.29, 0.717) is 24.8 Å². The van der Waals surface area contributed by atoms with Crippen LogP contribution in [0.1, 0.15) is 17.2 Å². The zero-order valence-corrected chi connectivity index (χ0v) is 16.3. The van der Waals surface area contributed by atoms with Crippen LogP contribution in [0.25, 0.3) is 0 Å². The van der Waals surface area contributed by atoms with E-state index < -0.39 is 10.0 Å². The summed E-state index contributed by atoms with van der Waals surface area (Å²) in [5.41, 5.74) is 2.07. The summed E-state index contributed by atoms with van der Waals surface area (Å²) in [7, 11) is -3.68. The van der Waals surface area contributed by atoms with Crippen LogP contribution in [0.2, 0.25) is 5.02 Å². The van der Waals surface area contributed by atoms with Gasteiger partial charge in [-0.15, -0.1) is 0 Å². The number of halogens is 1. The Hall–Kier alpha value is -1.44. The Morgan fingerprint density at radius 1 is 1.15 bits per heavy atom. The second kappa shape index (κ2) is 8.50. The van der Waals surface area contributed by atoms with Crippen molar-refractivity contribution in [2.75, 3.05) is 32.8 Å². The zero-order valence-electron chi connectivity index (χ0n) is 14.7. The van der Waals surface area contributed by atoms with E-state index in [1.165, 1.54) is 6.07 Å². The first-order valence-electron chi connectivity index (χ1n) is 8.58. The molecule has 0 aromatic heterocycles. The minimum absolute atomic E-state index is 0.170. The number of nitrogens with zero attached hydrogens (tertiary/aromatic N) is 1. The number of nitrogens with one attached hydrogen (secondary N) is 1. The topological polar surface area (TPSA) is 58.6 Å². The number of hydrogen-bond donors (Lipinski definition) is 1. The van der Waals surface area contributed by atoms with Crippen molar-refractivity contribution in [1.82, 2.24) is 9.62 Å². The van der Waals surface area contributed by atoms with Crippen LogP contribution in [0.3, 0.4) is 0 Å². The molecular formula is C19H23ClN2O3S. The van der Waals surface area contributed by atoms with Crippen LogP contribution in [-0.2, 0) is 14.8 Å². The molecule has 1 atom stereocenters. The van der Waals surface area contributed by atoms with Gasteiger partial charge in [0.1, 0.15) is 0 Å². The third kappa shape index (κ3) is 5.05. The smallest absolute Gasteiger partial charge is 0.241 e. The minimum Gasteiger partial charge on any atom is -0.379 e. The van der Waals surface area contributed by atoms with Gasteiger partial charge in [-0.25, -0.2) is 13.1 Å². The summed E-state index contributed by atoms with van der Waals surface area (Å²) < 4.78 is 34.0. The van der Waals surface area contributed by atoms with Crippen molar-refractivity contribution in [3.8, 4) is 0 Å². The maximum absolute atomic E-state index is 12.9. The zero-order chi connectivity index (χ0) is 18.6. The number of aryl methyl sites for hydroxylation is 1. The second-order valence-corrected chi connectivity index (χ2v) is 8.61. The summed E-state index contributed by atoms with van der Waals surface area (Å²) in [6, 6.07) is 13.9. The van der Waals surface area contributed by atoms with E-state index in [-0.39, 0.29) is 10.9 Å². The van der Waals surface area contributed by atoms with E-state index in [1.807, 2.05) is 31.2 Å². The van der Waals surface area contributed by atoms with Gasteiger partial charge >= 0.3 is 0 Å². The Kier molecular flexibility index (Phi) is 6.32. The van der Waals surface area contributed by atoms with Crippen LogP contribution in [0.4, 0.5) is 0 Å². The van der Waals surface area contributed by atoms with Crippen LogP contribution in [0.15, 0.2) is 53.4 Å². The van der Waals surface area contributed by atoms with Gasteiger partial charge in [0.05, 0.1) is 24.2 Å². The number of morpholine rings is 1. The van der Waals surface area contributed by atoms with Gasteiger partial charge in [0.25, 0.3) is 0 Å². The maximum Gasteiger partial charge on any atom is 0.241 e. The molecular weight excluding hydrogens is 372 g/mol. The molecule has 0 aliphatic carbocycles. The molecule has 0 spiro atoms. The third-order valence-electron chi connectivity index (χ3n) is 4.43. The van der Waals surface area contributed by atoms with Crippen LogP contribution in [0.5, 0.6) is 0 Å². The molecule has 0 amide bonds. The van der Waals surface area contributed by atoms with E-state index in [0.717, 1.165) is 24.2 Å². The number of hydrogen-bond acceptors (Lipinski definition) is 4. The summed E-state index contributed by atoms with van der Waals surface area (Å²) in [6.07, 6.45) is 0. The van der Waals surface area contributed by atoms with Gasteiger partial charge in [-0.05, 0) is 30.7 Å². The van der Waals surface area contributed by atoms with Gasteiger partial charge in [0.2, 0.25) is 10.0 Å². The van der Waals surface area contributed by atoms with Gasteiger partial charge < -0.3 is 4.74 Å². The standard InChI is InChI=1S/C19H23ClN2O3S/c1-15-5-7-16(8-6-15)19(14-22-9-11-25-12-10-22)21-26(23,24)18-4-2-3-17(20)13-18/h2-8,13,19,21H,9-12,14H2,1H3. The molecule has 1 N–H and O–H groups in total. The Morgan fingerprint density at radius 3 is 2.50 bits per heavy atom. The van der Waals surface area contributed by atoms with Crippen molar-refractivity contribution < 1.29 is 13.2 Å². The highest BCUT2D eigenvalue weighted by molar-refractivity contribution is 7.89. The van der Waals surface area contributed by atoms with Crippen molar-refractivity contribution >= 4 is 21.6 Å². The molecule has 1 unspecified atom stereocenters. The molecule has 2 aromatic carbocycles. The Balaban J connectivity index is 1.85. The molecule has 3 rings (SSSR count). The van der Waals surface area contributed by atoms with Crippen LogP contribution < -0.4 is 4.72 Å². The predicted octanol–water partition coefficient (Wildman–Crippen LogP) is 3.00. The molecule has 1 heterocycles. The SMILES string of the molecule is Cc1ccc(C(CN2CCOCC2)NS(=O)(=O)c2cccc(Cl)c2)cc1. The highest BCUT2D eigenvalue weighted by Crippen LogP contribution is 2.21. The normalized spacial score (nSPS) is 17.2. The fourth-order valence-electron chi connectivity index (χ4n) is 2.94. The monoisotopic (exact) mass is 394 g/mol. The van der Waals surface area contributed by atoms with Crippen molar-refractivity contribution in [3.63, 3.8) is 0 Å². The third-order valence-corrected chi connectivity index (χ3v) is 6.13. The largest absolute Gasteiger partial charge is 0.379 e. The van der Waals surface area contributed by atoms with Crippen LogP contribution in [0, 0.1) is 6.92 Å². The first-order valence-corrected chi connectivity index (χ1v) is 10.4. The first kappa shape index (κ1) is 19.3. The predicted molar refractivity (Wildman–Crippen MR) is 103 cm³/mol. The summed E-state index contributed by atoms with van der Waals surface area (Å²) in [5, 5.41) is 0.396. The average molecular weight is 395 g/mol. The molecule has 1 fully saturated rings. The number of rotatable bonds is 6. The summed E-state index contributed by atoms with van der Waals surface area (Å²) in [5.74, 6) is 0. The van der Waals surface area contributed by atoms with Crippen molar-refractivity contribution in [2.45, 2.75) is 17.9 Å². The molecule has 1 aliphatic rings. The molecule has 26 heavy (non-hydrogen) atoms. The van der Waals surface area contributed by atoms with Gasteiger partial charge in [0, 0.05) is 24.7 Å². The van der Waals surface area contributed by atoms with Crippen molar-refractivity contribution in [3.05, 3.63) is 64.7 Å². The molecule has 2 aromatic rings. The van der Waals surface area contributed by atoms with E-state index in [4.69, 9.17) is 16.3 Å². The highest BCUT2D eigenvalue weighted by Gasteiger charge is 2.24. The fraction of sp³-hybridized carbons (Fsp3) is 0.368. The lowest BCUT2D eigenvalue weighted by Crippen LogP contribution is -2.43. The van der Waals surface area contributed by atoms with Gasteiger partial charge in [-0.3, -0.25) is 4.90 Å². The molecule has 1 aliphatic heterocycles. The fourth-order valence-corrected chi connectivity index (χ4v) is 4.46. The van der Waals surface area contributed by atoms with Crippen LogP contribution >= 0.6 is 11.6 Å². The second-order valence-electron chi connectivity index (χ2n) is 6.45. The molecule has 0 saturated carbocycles. The number of ether oxygens (including phenoxy) is 1. The van der Waals surface area contributed by atoms with Gasteiger partial charge in [0.15, 0.2) is 0 Å². The van der Waals surface area contributed by atoms with Gasteiger partial charge in [-0.2, -0.15) is 0 Å². The summed E-state index contributed by atoms with van der Waals surface area (Å²) >= 11 is 5.96. The number of benzene rings is 2. The molecule has 5 nitrogen and oxygen atoms in total. The van der Waals surface area contributed by atoms with Crippen molar-refractivity contribution in [1.29, 1.82) is 0 Å². The Morgan fingerprint density at radius 2 is 1.85 bits per heavy atom.